The number of thiophene rings is 1. The van der Waals surface area contributed by atoms with Gasteiger partial charge in [0.1, 0.15) is 16.2 Å². The highest BCUT2D eigenvalue weighted by Gasteiger charge is 2.16. The van der Waals surface area contributed by atoms with Crippen molar-refractivity contribution in [2.75, 3.05) is 12.8 Å². The van der Waals surface area contributed by atoms with Crippen molar-refractivity contribution in [2.45, 2.75) is 25.4 Å². The zero-order valence-corrected chi connectivity index (χ0v) is 17.5. The number of amides is 1. The van der Waals surface area contributed by atoms with Gasteiger partial charge in [0.05, 0.1) is 5.75 Å². The second-order valence-electron chi connectivity index (χ2n) is 5.77. The number of aryl methyl sites for hydroxylation is 2. The Morgan fingerprint density at radius 1 is 1.28 bits per heavy atom. The molecule has 0 aliphatic heterocycles. The summed E-state index contributed by atoms with van der Waals surface area (Å²) >= 11 is 6.68. The maximum Gasteiger partial charge on any atom is 0.233 e. The number of halogens is 1. The first kappa shape index (κ1) is 18.4. The molecule has 2 heterocycles. The number of fused-ring (bicyclic) bond motifs is 1. The monoisotopic (exact) mass is 435 g/mol. The van der Waals surface area contributed by atoms with Crippen molar-refractivity contribution in [3.63, 3.8) is 0 Å². The Morgan fingerprint density at radius 2 is 2.04 bits per heavy atom. The molecule has 0 N–H and O–H groups in total. The molecule has 0 atom stereocenters. The molecule has 0 fully saturated rings. The number of rotatable bonds is 5. The Hall–Kier alpha value is -1.44. The van der Waals surface area contributed by atoms with E-state index in [1.54, 1.807) is 22.6 Å². The van der Waals surface area contributed by atoms with Gasteiger partial charge in [-0.1, -0.05) is 45.9 Å². The zero-order chi connectivity index (χ0) is 18.0. The maximum atomic E-state index is 12.5. The van der Waals surface area contributed by atoms with Gasteiger partial charge in [-0.3, -0.25) is 4.79 Å². The Morgan fingerprint density at radius 3 is 2.80 bits per heavy atom. The van der Waals surface area contributed by atoms with Crippen LogP contribution in [0.4, 0.5) is 0 Å². The molecule has 0 saturated heterocycles. The SMILES string of the molecule is Cc1sc2ncnc(SCC(=O)N(C)Cc3ccccc3Br)c2c1C. The minimum Gasteiger partial charge on any atom is -0.341 e. The van der Waals surface area contributed by atoms with Crippen LogP contribution in [0.2, 0.25) is 0 Å². The van der Waals surface area contributed by atoms with Crippen LogP contribution < -0.4 is 0 Å². The highest BCUT2D eigenvalue weighted by Crippen LogP contribution is 2.34. The zero-order valence-electron chi connectivity index (χ0n) is 14.2. The van der Waals surface area contributed by atoms with Gasteiger partial charge < -0.3 is 4.90 Å². The Bertz CT molecular complexity index is 926. The first-order valence-electron chi connectivity index (χ1n) is 7.78. The summed E-state index contributed by atoms with van der Waals surface area (Å²) in [6, 6.07) is 7.96. The molecule has 2 aromatic heterocycles. The van der Waals surface area contributed by atoms with Gasteiger partial charge in [0, 0.05) is 28.3 Å². The minimum atomic E-state index is 0.0807. The topological polar surface area (TPSA) is 46.1 Å². The fourth-order valence-electron chi connectivity index (χ4n) is 2.47. The van der Waals surface area contributed by atoms with Crippen molar-refractivity contribution in [1.29, 1.82) is 0 Å². The molecule has 4 nitrogen and oxygen atoms in total. The molecule has 0 aliphatic carbocycles. The lowest BCUT2D eigenvalue weighted by Gasteiger charge is -2.18. The number of benzene rings is 1. The lowest BCUT2D eigenvalue weighted by atomic mass is 10.2. The van der Waals surface area contributed by atoms with Crippen molar-refractivity contribution in [1.82, 2.24) is 14.9 Å². The van der Waals surface area contributed by atoms with Gasteiger partial charge in [0.15, 0.2) is 0 Å². The normalized spacial score (nSPS) is 11.0. The molecule has 3 aromatic rings. The molecule has 0 unspecified atom stereocenters. The van der Waals surface area contributed by atoms with Gasteiger partial charge in [-0.25, -0.2) is 9.97 Å². The predicted octanol–water partition coefficient (Wildman–Crippen LogP) is 4.82. The Labute approximate surface area is 163 Å². The van der Waals surface area contributed by atoms with Crippen LogP contribution in [0.15, 0.2) is 40.1 Å². The molecular weight excluding hydrogens is 418 g/mol. The fraction of sp³-hybridized carbons (Fsp3) is 0.278. The van der Waals surface area contributed by atoms with Crippen LogP contribution in [-0.4, -0.2) is 33.6 Å². The summed E-state index contributed by atoms with van der Waals surface area (Å²) in [5.41, 5.74) is 2.30. The van der Waals surface area contributed by atoms with Crippen molar-refractivity contribution in [3.05, 3.63) is 51.1 Å². The first-order valence-corrected chi connectivity index (χ1v) is 10.4. The third-order valence-electron chi connectivity index (χ3n) is 4.05. The van der Waals surface area contributed by atoms with Crippen molar-refractivity contribution >= 4 is 55.2 Å². The number of nitrogens with zero attached hydrogens (tertiary/aromatic N) is 3. The predicted molar refractivity (Wildman–Crippen MR) is 108 cm³/mol. The standard InChI is InChI=1S/C18H18BrN3OS2/c1-11-12(2)25-18-16(11)17(20-10-21-18)24-9-15(23)22(3)8-13-6-4-5-7-14(13)19/h4-7,10H,8-9H2,1-3H3. The van der Waals surface area contributed by atoms with Crippen molar-refractivity contribution < 1.29 is 4.79 Å². The van der Waals surface area contributed by atoms with Crippen molar-refractivity contribution in [2.24, 2.45) is 0 Å². The van der Waals surface area contributed by atoms with E-state index in [0.717, 1.165) is 25.3 Å². The number of thioether (sulfide) groups is 1. The van der Waals surface area contributed by atoms with Gasteiger partial charge in [-0.15, -0.1) is 11.3 Å². The molecule has 1 aromatic carbocycles. The van der Waals surface area contributed by atoms with Gasteiger partial charge >= 0.3 is 0 Å². The van der Waals surface area contributed by atoms with Crippen LogP contribution in [-0.2, 0) is 11.3 Å². The van der Waals surface area contributed by atoms with Crippen LogP contribution in [0.5, 0.6) is 0 Å². The van der Waals surface area contributed by atoms with Crippen LogP contribution in [0, 0.1) is 13.8 Å². The average molecular weight is 436 g/mol. The van der Waals surface area contributed by atoms with E-state index in [1.165, 1.54) is 22.2 Å². The average Bonchev–Trinajstić information content (AvgIpc) is 2.89. The van der Waals surface area contributed by atoms with Crippen LogP contribution in [0.1, 0.15) is 16.0 Å². The molecule has 0 radical (unpaired) electrons. The molecule has 0 saturated carbocycles. The molecule has 130 valence electrons. The molecule has 0 aliphatic rings. The highest BCUT2D eigenvalue weighted by molar-refractivity contribution is 9.10. The molecule has 7 heteroatoms. The third kappa shape index (κ3) is 4.04. The highest BCUT2D eigenvalue weighted by atomic mass is 79.9. The summed E-state index contributed by atoms with van der Waals surface area (Å²) in [7, 11) is 1.83. The van der Waals surface area contributed by atoms with Crippen LogP contribution in [0.25, 0.3) is 10.2 Å². The fourth-order valence-corrected chi connectivity index (χ4v) is 4.94. The lowest BCUT2D eigenvalue weighted by Crippen LogP contribution is -2.28. The van der Waals surface area contributed by atoms with Gasteiger partial charge in [0.2, 0.25) is 5.91 Å². The number of hydrogen-bond donors (Lipinski definition) is 0. The van der Waals surface area contributed by atoms with Gasteiger partial charge in [-0.2, -0.15) is 0 Å². The Kier molecular flexibility index (Phi) is 5.76. The minimum absolute atomic E-state index is 0.0807. The van der Waals surface area contributed by atoms with E-state index in [9.17, 15) is 4.79 Å². The van der Waals surface area contributed by atoms with Gasteiger partial charge in [0.25, 0.3) is 0 Å². The first-order chi connectivity index (χ1) is 12.0. The maximum absolute atomic E-state index is 12.5. The molecule has 1 amide bonds. The molecule has 0 bridgehead atoms. The largest absolute Gasteiger partial charge is 0.341 e. The van der Waals surface area contributed by atoms with E-state index in [2.05, 4.69) is 39.7 Å². The van der Waals surface area contributed by atoms with E-state index < -0.39 is 0 Å². The summed E-state index contributed by atoms with van der Waals surface area (Å²) in [5.74, 6) is 0.443. The van der Waals surface area contributed by atoms with Gasteiger partial charge in [-0.05, 0) is 31.0 Å². The summed E-state index contributed by atoms with van der Waals surface area (Å²) in [5, 5.41) is 1.96. The summed E-state index contributed by atoms with van der Waals surface area (Å²) < 4.78 is 1.02. The second kappa shape index (κ2) is 7.85. The second-order valence-corrected chi connectivity index (χ2v) is 8.79. The van der Waals surface area contributed by atoms with E-state index in [0.29, 0.717) is 12.3 Å². The molecule has 0 spiro atoms. The molecule has 3 rings (SSSR count). The smallest absolute Gasteiger partial charge is 0.233 e. The third-order valence-corrected chi connectivity index (χ3v) is 6.92. The quantitative estimate of drug-likeness (QED) is 0.425. The number of aromatic nitrogens is 2. The van der Waals surface area contributed by atoms with E-state index in [4.69, 9.17) is 0 Å². The van der Waals surface area contributed by atoms with E-state index in [-0.39, 0.29) is 5.91 Å². The summed E-state index contributed by atoms with van der Waals surface area (Å²) in [6.45, 7) is 4.76. The molecular formula is C18H18BrN3OS2. The van der Waals surface area contributed by atoms with E-state index >= 15 is 0 Å². The van der Waals surface area contributed by atoms with Crippen LogP contribution in [0.3, 0.4) is 0 Å². The van der Waals surface area contributed by atoms with Crippen molar-refractivity contribution in [3.8, 4) is 0 Å². The summed E-state index contributed by atoms with van der Waals surface area (Å²) in [4.78, 5) is 25.2. The number of carbonyl (C=O) groups is 1. The summed E-state index contributed by atoms with van der Waals surface area (Å²) in [6.07, 6.45) is 1.58. The van der Waals surface area contributed by atoms with Crippen LogP contribution >= 0.6 is 39.0 Å². The lowest BCUT2D eigenvalue weighted by molar-refractivity contribution is -0.127. The number of carbonyl (C=O) groups excluding carboxylic acids is 1. The Balaban J connectivity index is 1.69. The number of hydrogen-bond acceptors (Lipinski definition) is 5. The molecule has 25 heavy (non-hydrogen) atoms. The van der Waals surface area contributed by atoms with E-state index in [1.807, 2.05) is 31.3 Å².